The Hall–Kier alpha value is -1.13. The lowest BCUT2D eigenvalue weighted by molar-refractivity contribution is -0.167. The maximum absolute atomic E-state index is 11.7. The van der Waals surface area contributed by atoms with Gasteiger partial charge in [0.2, 0.25) is 6.29 Å². The van der Waals surface area contributed by atoms with E-state index in [-0.39, 0.29) is 12.2 Å². The summed E-state index contributed by atoms with van der Waals surface area (Å²) in [7, 11) is 0. The summed E-state index contributed by atoms with van der Waals surface area (Å²) in [4.78, 5) is 11.7. The fourth-order valence-electron chi connectivity index (χ4n) is 1.20. The molecule has 0 aliphatic carbocycles. The zero-order valence-corrected chi connectivity index (χ0v) is 9.06. The molecule has 0 amide bonds. The molecule has 1 heterocycles. The number of hydrogen-bond donors (Lipinski definition) is 0. The van der Waals surface area contributed by atoms with E-state index in [1.807, 2.05) is 13.8 Å². The summed E-state index contributed by atoms with van der Waals surface area (Å²) in [6.45, 7) is 4.56. The average molecular weight is 212 g/mol. The molecule has 0 N–H and O–H groups in total. The number of ether oxygens (including phenoxy) is 2. The summed E-state index contributed by atoms with van der Waals surface area (Å²) in [5, 5.41) is 0. The Balaban J connectivity index is 2.48. The summed E-state index contributed by atoms with van der Waals surface area (Å²) >= 11 is 0. The van der Waals surface area contributed by atoms with Crippen LogP contribution < -0.4 is 0 Å². The van der Waals surface area contributed by atoms with Gasteiger partial charge in [-0.3, -0.25) is 4.79 Å². The van der Waals surface area contributed by atoms with E-state index in [0.29, 0.717) is 19.0 Å². The van der Waals surface area contributed by atoms with Gasteiger partial charge in [0.25, 0.3) is 0 Å². The van der Waals surface area contributed by atoms with Crippen molar-refractivity contribution in [2.75, 3.05) is 13.2 Å². The van der Waals surface area contributed by atoms with Crippen LogP contribution in [0, 0.1) is 0 Å². The minimum absolute atomic E-state index is 0.117. The standard InChI is InChI=1S/C11H16O4/c1-3-13-11(14-4-2)10(12)8-9-6-5-7-15-9/h5-7,11H,3-4,8H2,1-2H3. The Morgan fingerprint density at radius 1 is 1.40 bits per heavy atom. The van der Waals surface area contributed by atoms with Gasteiger partial charge in [-0.1, -0.05) is 0 Å². The van der Waals surface area contributed by atoms with Crippen LogP contribution in [0.5, 0.6) is 0 Å². The van der Waals surface area contributed by atoms with Crippen molar-refractivity contribution < 1.29 is 18.7 Å². The van der Waals surface area contributed by atoms with E-state index >= 15 is 0 Å². The summed E-state index contributed by atoms with van der Waals surface area (Å²) in [6.07, 6.45) is 0.974. The number of ketones is 1. The Kier molecular flexibility index (Phi) is 5.07. The van der Waals surface area contributed by atoms with Crippen LogP contribution in [0.25, 0.3) is 0 Å². The van der Waals surface area contributed by atoms with Crippen LogP contribution >= 0.6 is 0 Å². The monoisotopic (exact) mass is 212 g/mol. The highest BCUT2D eigenvalue weighted by Gasteiger charge is 2.19. The van der Waals surface area contributed by atoms with Crippen LogP contribution in [-0.4, -0.2) is 25.3 Å². The second kappa shape index (κ2) is 6.37. The van der Waals surface area contributed by atoms with E-state index in [0.717, 1.165) is 0 Å². The first kappa shape index (κ1) is 11.9. The number of hydrogen-bond acceptors (Lipinski definition) is 4. The molecule has 0 aliphatic heterocycles. The summed E-state index contributed by atoms with van der Waals surface area (Å²) < 4.78 is 15.4. The van der Waals surface area contributed by atoms with Gasteiger partial charge in [-0.05, 0) is 26.0 Å². The number of rotatable bonds is 7. The van der Waals surface area contributed by atoms with Gasteiger partial charge in [-0.2, -0.15) is 0 Å². The van der Waals surface area contributed by atoms with Gasteiger partial charge in [0.15, 0.2) is 5.78 Å². The molecule has 1 aromatic rings. The van der Waals surface area contributed by atoms with Gasteiger partial charge in [-0.25, -0.2) is 0 Å². The second-order valence-electron chi connectivity index (χ2n) is 2.97. The van der Waals surface area contributed by atoms with Crippen molar-refractivity contribution in [1.82, 2.24) is 0 Å². The topological polar surface area (TPSA) is 48.7 Å². The highest BCUT2D eigenvalue weighted by Crippen LogP contribution is 2.06. The first-order chi connectivity index (χ1) is 7.27. The third-order valence-electron chi connectivity index (χ3n) is 1.83. The van der Waals surface area contributed by atoms with Crippen molar-refractivity contribution in [1.29, 1.82) is 0 Å². The molecule has 15 heavy (non-hydrogen) atoms. The third-order valence-corrected chi connectivity index (χ3v) is 1.83. The zero-order valence-electron chi connectivity index (χ0n) is 9.06. The fourth-order valence-corrected chi connectivity index (χ4v) is 1.20. The molecule has 0 aliphatic rings. The van der Waals surface area contributed by atoms with Crippen molar-refractivity contribution in [3.63, 3.8) is 0 Å². The molecule has 0 unspecified atom stereocenters. The second-order valence-corrected chi connectivity index (χ2v) is 2.97. The summed E-state index contributed by atoms with van der Waals surface area (Å²) in [5.41, 5.74) is 0. The number of carbonyl (C=O) groups is 1. The fraction of sp³-hybridized carbons (Fsp3) is 0.545. The van der Waals surface area contributed by atoms with Crippen LogP contribution in [-0.2, 0) is 20.7 Å². The molecule has 0 fully saturated rings. The molecule has 84 valence electrons. The van der Waals surface area contributed by atoms with Gasteiger partial charge >= 0.3 is 0 Å². The molecule has 0 saturated carbocycles. The van der Waals surface area contributed by atoms with E-state index in [9.17, 15) is 4.79 Å². The molecule has 4 nitrogen and oxygen atoms in total. The van der Waals surface area contributed by atoms with E-state index in [1.54, 1.807) is 18.4 Å². The van der Waals surface area contributed by atoms with Crippen molar-refractivity contribution in [3.8, 4) is 0 Å². The van der Waals surface area contributed by atoms with Crippen LogP contribution in [0.1, 0.15) is 19.6 Å². The zero-order chi connectivity index (χ0) is 11.1. The highest BCUT2D eigenvalue weighted by molar-refractivity contribution is 5.83. The lowest BCUT2D eigenvalue weighted by Gasteiger charge is -2.14. The van der Waals surface area contributed by atoms with E-state index in [2.05, 4.69) is 0 Å². The van der Waals surface area contributed by atoms with Crippen molar-refractivity contribution in [2.24, 2.45) is 0 Å². The smallest absolute Gasteiger partial charge is 0.218 e. The SMILES string of the molecule is CCOC(OCC)C(=O)Cc1ccco1. The molecule has 0 atom stereocenters. The number of carbonyl (C=O) groups excluding carboxylic acids is 1. The molecular weight excluding hydrogens is 196 g/mol. The predicted octanol–water partition coefficient (Wildman–Crippen LogP) is 1.79. The lowest BCUT2D eigenvalue weighted by atomic mass is 10.2. The van der Waals surface area contributed by atoms with Crippen LogP contribution in [0.15, 0.2) is 22.8 Å². The Morgan fingerprint density at radius 2 is 2.07 bits per heavy atom. The lowest BCUT2D eigenvalue weighted by Crippen LogP contribution is -2.29. The third kappa shape index (κ3) is 3.85. The molecule has 1 aromatic heterocycles. The predicted molar refractivity (Wildman–Crippen MR) is 54.5 cm³/mol. The first-order valence-electron chi connectivity index (χ1n) is 5.06. The molecule has 0 bridgehead atoms. The van der Waals surface area contributed by atoms with Crippen LogP contribution in [0.3, 0.4) is 0 Å². The number of Topliss-reactive ketones (excluding diaryl/α,β-unsaturated/α-hetero) is 1. The highest BCUT2D eigenvalue weighted by atomic mass is 16.7. The Labute approximate surface area is 89.2 Å². The quantitative estimate of drug-likeness (QED) is 0.646. The Bertz CT molecular complexity index is 273. The minimum atomic E-state index is -0.773. The molecule has 4 heteroatoms. The van der Waals surface area contributed by atoms with Gasteiger partial charge < -0.3 is 13.9 Å². The normalized spacial score (nSPS) is 10.9. The molecule has 0 aromatic carbocycles. The van der Waals surface area contributed by atoms with Crippen molar-refractivity contribution in [3.05, 3.63) is 24.2 Å². The summed E-state index contributed by atoms with van der Waals surface area (Å²) in [5.74, 6) is 0.512. The van der Waals surface area contributed by atoms with E-state index < -0.39 is 6.29 Å². The van der Waals surface area contributed by atoms with Gasteiger partial charge in [0.05, 0.1) is 12.7 Å². The van der Waals surface area contributed by atoms with E-state index in [4.69, 9.17) is 13.9 Å². The van der Waals surface area contributed by atoms with Crippen molar-refractivity contribution >= 4 is 5.78 Å². The number of furan rings is 1. The molecule has 0 radical (unpaired) electrons. The minimum Gasteiger partial charge on any atom is -0.469 e. The molecule has 0 saturated heterocycles. The van der Waals surface area contributed by atoms with Gasteiger partial charge in [-0.15, -0.1) is 0 Å². The van der Waals surface area contributed by atoms with Crippen molar-refractivity contribution in [2.45, 2.75) is 26.6 Å². The van der Waals surface area contributed by atoms with E-state index in [1.165, 1.54) is 0 Å². The van der Waals surface area contributed by atoms with Gasteiger partial charge in [0, 0.05) is 13.2 Å². The maximum Gasteiger partial charge on any atom is 0.218 e. The first-order valence-corrected chi connectivity index (χ1v) is 5.06. The average Bonchev–Trinajstić information content (AvgIpc) is 2.70. The van der Waals surface area contributed by atoms with Crippen LogP contribution in [0.4, 0.5) is 0 Å². The maximum atomic E-state index is 11.7. The van der Waals surface area contributed by atoms with Gasteiger partial charge in [0.1, 0.15) is 5.76 Å². The summed E-state index contributed by atoms with van der Waals surface area (Å²) in [6, 6.07) is 3.51. The molecule has 0 spiro atoms. The molecular formula is C11H16O4. The molecule has 1 rings (SSSR count). The largest absolute Gasteiger partial charge is 0.469 e. The Morgan fingerprint density at radius 3 is 2.53 bits per heavy atom. The van der Waals surface area contributed by atoms with Crippen LogP contribution in [0.2, 0.25) is 0 Å².